The summed E-state index contributed by atoms with van der Waals surface area (Å²) in [5.74, 6) is 1.50. The standard InChI is InChI=1S/C21H18O2/c1-15-5-3-4-6-17(15)8-7-16(2)23-21-12-10-18-9-11-20(22)13-19(18)14-21/h3-14,22H,2H2,1H3/b8-7-. The van der Waals surface area contributed by atoms with E-state index in [1.54, 1.807) is 12.1 Å². The van der Waals surface area contributed by atoms with Gasteiger partial charge in [0.25, 0.3) is 0 Å². The van der Waals surface area contributed by atoms with E-state index in [0.717, 1.165) is 16.3 Å². The van der Waals surface area contributed by atoms with Gasteiger partial charge in [-0.2, -0.15) is 0 Å². The zero-order valence-corrected chi connectivity index (χ0v) is 13.0. The number of aromatic hydroxyl groups is 1. The molecule has 2 heteroatoms. The zero-order chi connectivity index (χ0) is 16.2. The van der Waals surface area contributed by atoms with Crippen molar-refractivity contribution in [3.8, 4) is 11.5 Å². The third-order valence-corrected chi connectivity index (χ3v) is 3.68. The van der Waals surface area contributed by atoms with Crippen molar-refractivity contribution in [2.45, 2.75) is 6.92 Å². The number of allylic oxidation sites excluding steroid dienone is 1. The van der Waals surface area contributed by atoms with Crippen LogP contribution in [-0.4, -0.2) is 5.11 Å². The lowest BCUT2D eigenvalue weighted by Crippen LogP contribution is -1.90. The van der Waals surface area contributed by atoms with Crippen LogP contribution >= 0.6 is 0 Å². The highest BCUT2D eigenvalue weighted by molar-refractivity contribution is 5.85. The molecule has 3 aromatic rings. The Kier molecular flexibility index (Phi) is 4.15. The first-order valence-corrected chi connectivity index (χ1v) is 7.45. The molecule has 114 valence electrons. The molecule has 0 bridgehead atoms. The highest BCUT2D eigenvalue weighted by Gasteiger charge is 2.00. The minimum absolute atomic E-state index is 0.243. The minimum atomic E-state index is 0.243. The number of fused-ring (bicyclic) bond motifs is 1. The van der Waals surface area contributed by atoms with Crippen LogP contribution in [0.25, 0.3) is 16.8 Å². The summed E-state index contributed by atoms with van der Waals surface area (Å²) in [7, 11) is 0. The molecule has 0 unspecified atom stereocenters. The number of aryl methyl sites for hydroxylation is 1. The summed E-state index contributed by atoms with van der Waals surface area (Å²) in [5.41, 5.74) is 2.35. The summed E-state index contributed by atoms with van der Waals surface area (Å²) in [4.78, 5) is 0. The van der Waals surface area contributed by atoms with Crippen LogP contribution in [-0.2, 0) is 0 Å². The number of benzene rings is 3. The summed E-state index contributed by atoms with van der Waals surface area (Å²) in [6.45, 7) is 6.00. The van der Waals surface area contributed by atoms with Gasteiger partial charge in [0.2, 0.25) is 0 Å². The molecule has 3 rings (SSSR count). The van der Waals surface area contributed by atoms with Crippen LogP contribution in [0.1, 0.15) is 11.1 Å². The van der Waals surface area contributed by atoms with Crippen molar-refractivity contribution in [2.24, 2.45) is 0 Å². The fraction of sp³-hybridized carbons (Fsp3) is 0.0476. The molecule has 0 fully saturated rings. The first-order valence-electron chi connectivity index (χ1n) is 7.45. The van der Waals surface area contributed by atoms with Gasteiger partial charge in [-0.1, -0.05) is 49.1 Å². The number of ether oxygens (including phenoxy) is 1. The van der Waals surface area contributed by atoms with Gasteiger partial charge in [-0.3, -0.25) is 0 Å². The van der Waals surface area contributed by atoms with Crippen molar-refractivity contribution in [2.75, 3.05) is 0 Å². The maximum Gasteiger partial charge on any atom is 0.128 e. The van der Waals surface area contributed by atoms with Gasteiger partial charge in [0.15, 0.2) is 0 Å². The smallest absolute Gasteiger partial charge is 0.128 e. The van der Waals surface area contributed by atoms with Crippen LogP contribution in [0, 0.1) is 6.92 Å². The lowest BCUT2D eigenvalue weighted by atomic mass is 10.1. The summed E-state index contributed by atoms with van der Waals surface area (Å²) < 4.78 is 5.76. The van der Waals surface area contributed by atoms with Crippen molar-refractivity contribution in [1.82, 2.24) is 0 Å². The van der Waals surface area contributed by atoms with Gasteiger partial charge in [0.1, 0.15) is 17.3 Å². The van der Waals surface area contributed by atoms with Gasteiger partial charge in [-0.15, -0.1) is 0 Å². The van der Waals surface area contributed by atoms with Gasteiger partial charge < -0.3 is 9.84 Å². The first-order chi connectivity index (χ1) is 11.1. The molecule has 3 aromatic carbocycles. The number of rotatable bonds is 4. The Balaban J connectivity index is 1.76. The molecular weight excluding hydrogens is 284 g/mol. The molecule has 2 nitrogen and oxygen atoms in total. The molecule has 0 heterocycles. The molecule has 0 amide bonds. The fourth-order valence-electron chi connectivity index (χ4n) is 2.42. The van der Waals surface area contributed by atoms with E-state index in [2.05, 4.69) is 25.6 Å². The molecule has 0 aliphatic rings. The molecule has 0 aliphatic heterocycles. The SMILES string of the molecule is C=C(/C=C\c1ccccc1C)Oc1ccc2ccc(O)cc2c1. The van der Waals surface area contributed by atoms with E-state index >= 15 is 0 Å². The van der Waals surface area contributed by atoms with E-state index in [4.69, 9.17) is 4.74 Å². The first kappa shape index (κ1) is 14.9. The molecule has 0 saturated heterocycles. The van der Waals surface area contributed by atoms with Crippen molar-refractivity contribution < 1.29 is 9.84 Å². The van der Waals surface area contributed by atoms with Gasteiger partial charge in [0.05, 0.1) is 0 Å². The topological polar surface area (TPSA) is 29.5 Å². The third kappa shape index (κ3) is 3.61. The molecule has 0 saturated carbocycles. The Morgan fingerprint density at radius 3 is 2.61 bits per heavy atom. The van der Waals surface area contributed by atoms with Crippen LogP contribution in [0.4, 0.5) is 0 Å². The van der Waals surface area contributed by atoms with E-state index in [1.165, 1.54) is 5.56 Å². The predicted molar refractivity (Wildman–Crippen MR) is 95.6 cm³/mol. The lowest BCUT2D eigenvalue weighted by Gasteiger charge is -2.07. The molecule has 23 heavy (non-hydrogen) atoms. The molecule has 0 radical (unpaired) electrons. The molecular formula is C21H18O2. The van der Waals surface area contributed by atoms with Crippen LogP contribution in [0.15, 0.2) is 79.1 Å². The molecule has 1 N–H and O–H groups in total. The number of phenolic OH excluding ortho intramolecular Hbond substituents is 1. The summed E-state index contributed by atoms with van der Waals surface area (Å²) in [5, 5.41) is 11.6. The predicted octanol–water partition coefficient (Wildman–Crippen LogP) is 5.46. The number of hydrogen-bond acceptors (Lipinski definition) is 2. The minimum Gasteiger partial charge on any atom is -0.508 e. The van der Waals surface area contributed by atoms with Crippen LogP contribution in [0.3, 0.4) is 0 Å². The lowest BCUT2D eigenvalue weighted by molar-refractivity contribution is 0.448. The highest BCUT2D eigenvalue weighted by Crippen LogP contribution is 2.25. The Labute approximate surface area is 136 Å². The zero-order valence-electron chi connectivity index (χ0n) is 13.0. The van der Waals surface area contributed by atoms with E-state index in [0.29, 0.717) is 11.5 Å². The van der Waals surface area contributed by atoms with Crippen LogP contribution in [0.2, 0.25) is 0 Å². The highest BCUT2D eigenvalue weighted by atomic mass is 16.5. The molecule has 0 spiro atoms. The largest absolute Gasteiger partial charge is 0.508 e. The Hall–Kier alpha value is -3.00. The van der Waals surface area contributed by atoms with Crippen molar-refractivity contribution in [1.29, 1.82) is 0 Å². The van der Waals surface area contributed by atoms with Crippen LogP contribution < -0.4 is 4.74 Å². The van der Waals surface area contributed by atoms with E-state index in [-0.39, 0.29) is 5.75 Å². The third-order valence-electron chi connectivity index (χ3n) is 3.68. The second-order valence-electron chi connectivity index (χ2n) is 5.45. The Morgan fingerprint density at radius 1 is 1.00 bits per heavy atom. The second kappa shape index (κ2) is 6.41. The monoisotopic (exact) mass is 302 g/mol. The van der Waals surface area contributed by atoms with Crippen molar-refractivity contribution >= 4 is 16.8 Å². The fourth-order valence-corrected chi connectivity index (χ4v) is 2.42. The maximum atomic E-state index is 9.57. The maximum absolute atomic E-state index is 9.57. The quantitative estimate of drug-likeness (QED) is 0.512. The normalized spacial score (nSPS) is 11.0. The summed E-state index contributed by atoms with van der Waals surface area (Å²) in [6.07, 6.45) is 3.85. The number of phenols is 1. The molecule has 0 atom stereocenters. The van der Waals surface area contributed by atoms with Gasteiger partial charge in [0, 0.05) is 0 Å². The van der Waals surface area contributed by atoms with Gasteiger partial charge >= 0.3 is 0 Å². The number of hydrogen-bond donors (Lipinski definition) is 1. The second-order valence-corrected chi connectivity index (χ2v) is 5.45. The average molecular weight is 302 g/mol. The van der Waals surface area contributed by atoms with Gasteiger partial charge in [-0.25, -0.2) is 0 Å². The Bertz CT molecular complexity index is 891. The summed E-state index contributed by atoms with van der Waals surface area (Å²) in [6, 6.07) is 19.2. The van der Waals surface area contributed by atoms with Crippen LogP contribution in [0.5, 0.6) is 11.5 Å². The van der Waals surface area contributed by atoms with E-state index < -0.39 is 0 Å². The van der Waals surface area contributed by atoms with Crippen molar-refractivity contribution in [3.63, 3.8) is 0 Å². The van der Waals surface area contributed by atoms with Crippen molar-refractivity contribution in [3.05, 3.63) is 90.2 Å². The Morgan fingerprint density at radius 2 is 1.78 bits per heavy atom. The molecule has 0 aromatic heterocycles. The van der Waals surface area contributed by atoms with E-state index in [9.17, 15) is 5.11 Å². The average Bonchev–Trinajstić information content (AvgIpc) is 2.54. The van der Waals surface area contributed by atoms with E-state index in [1.807, 2.05) is 48.6 Å². The van der Waals surface area contributed by atoms with Gasteiger partial charge in [-0.05, 0) is 59.2 Å². The summed E-state index contributed by atoms with van der Waals surface area (Å²) >= 11 is 0. The molecule has 0 aliphatic carbocycles.